The lowest BCUT2D eigenvalue weighted by atomic mass is 9.99. The van der Waals surface area contributed by atoms with Gasteiger partial charge in [-0.05, 0) is 38.2 Å². The van der Waals surface area contributed by atoms with Crippen molar-refractivity contribution < 1.29 is 0 Å². The summed E-state index contributed by atoms with van der Waals surface area (Å²) in [6, 6.07) is 9.25. The van der Waals surface area contributed by atoms with Gasteiger partial charge in [-0.2, -0.15) is 0 Å². The van der Waals surface area contributed by atoms with Crippen LogP contribution in [0.2, 0.25) is 0 Å². The summed E-state index contributed by atoms with van der Waals surface area (Å²) in [5, 5.41) is 15.5. The second kappa shape index (κ2) is 9.02. The molecule has 0 spiro atoms. The molecule has 1 aromatic heterocycles. The number of hydrogen-bond acceptors (Lipinski definition) is 3. The van der Waals surface area contributed by atoms with Crippen molar-refractivity contribution >= 4 is 5.96 Å². The third-order valence-electron chi connectivity index (χ3n) is 5.44. The zero-order valence-electron chi connectivity index (χ0n) is 17.0. The number of aryl methyl sites for hydroxylation is 2. The van der Waals surface area contributed by atoms with E-state index >= 15 is 0 Å². The molecule has 1 aliphatic carbocycles. The molecule has 0 bridgehead atoms. The summed E-state index contributed by atoms with van der Waals surface area (Å²) in [5.41, 5.74) is 2.65. The van der Waals surface area contributed by atoms with Gasteiger partial charge in [-0.15, -0.1) is 10.2 Å². The average Bonchev–Trinajstić information content (AvgIpc) is 3.28. The first kappa shape index (κ1) is 19.4. The molecule has 2 aromatic rings. The predicted molar refractivity (Wildman–Crippen MR) is 110 cm³/mol. The monoisotopic (exact) mass is 368 g/mol. The van der Waals surface area contributed by atoms with Gasteiger partial charge in [0.2, 0.25) is 0 Å². The van der Waals surface area contributed by atoms with E-state index in [1.54, 1.807) is 0 Å². The normalized spacial score (nSPS) is 16.5. The minimum atomic E-state index is 0.414. The van der Waals surface area contributed by atoms with Crippen molar-refractivity contribution in [1.29, 1.82) is 0 Å². The van der Waals surface area contributed by atoms with Gasteiger partial charge >= 0.3 is 0 Å². The van der Waals surface area contributed by atoms with Crippen molar-refractivity contribution in [2.24, 2.45) is 12.0 Å². The molecule has 146 valence electrons. The third-order valence-corrected chi connectivity index (χ3v) is 5.44. The number of aromatic nitrogens is 3. The van der Waals surface area contributed by atoms with E-state index in [9.17, 15) is 0 Å². The van der Waals surface area contributed by atoms with Gasteiger partial charge in [0.15, 0.2) is 11.8 Å². The number of nitrogens with zero attached hydrogens (tertiary/aromatic N) is 4. The fourth-order valence-corrected chi connectivity index (χ4v) is 3.50. The Balaban J connectivity index is 1.65. The molecule has 1 unspecified atom stereocenters. The molecule has 6 heteroatoms. The lowest BCUT2D eigenvalue weighted by Crippen LogP contribution is -2.43. The van der Waals surface area contributed by atoms with Crippen molar-refractivity contribution in [1.82, 2.24) is 25.4 Å². The Bertz CT molecular complexity index is 773. The van der Waals surface area contributed by atoms with Crippen LogP contribution < -0.4 is 10.6 Å². The number of nitrogens with one attached hydrogen (secondary N) is 2. The second-order valence-electron chi connectivity index (χ2n) is 7.71. The quantitative estimate of drug-likeness (QED) is 0.607. The highest BCUT2D eigenvalue weighted by molar-refractivity contribution is 5.80. The van der Waals surface area contributed by atoms with Gasteiger partial charge in [-0.1, -0.05) is 49.6 Å². The molecule has 1 heterocycles. The van der Waals surface area contributed by atoms with E-state index in [4.69, 9.17) is 4.99 Å². The SMILES string of the molecule is Cc1cccc(C(C)CNC(=NCc2nnc(C)n2C)NC2CCCC2)c1. The van der Waals surface area contributed by atoms with Crippen LogP contribution >= 0.6 is 0 Å². The molecule has 2 N–H and O–H groups in total. The van der Waals surface area contributed by atoms with Crippen LogP contribution in [-0.4, -0.2) is 33.3 Å². The summed E-state index contributed by atoms with van der Waals surface area (Å²) in [6.45, 7) is 7.72. The second-order valence-corrected chi connectivity index (χ2v) is 7.71. The van der Waals surface area contributed by atoms with Crippen LogP contribution in [0.25, 0.3) is 0 Å². The average molecular weight is 369 g/mol. The fourth-order valence-electron chi connectivity index (χ4n) is 3.50. The molecule has 1 fully saturated rings. The molecule has 1 aliphatic rings. The lowest BCUT2D eigenvalue weighted by molar-refractivity contribution is 0.601. The lowest BCUT2D eigenvalue weighted by Gasteiger charge is -2.20. The number of aliphatic imine (C=N–C) groups is 1. The van der Waals surface area contributed by atoms with Crippen molar-refractivity contribution in [2.45, 2.75) is 65.0 Å². The first-order valence-corrected chi connectivity index (χ1v) is 9.99. The van der Waals surface area contributed by atoms with Crippen LogP contribution in [0.4, 0.5) is 0 Å². The molecule has 1 atom stereocenters. The zero-order valence-corrected chi connectivity index (χ0v) is 17.0. The van der Waals surface area contributed by atoms with E-state index < -0.39 is 0 Å². The van der Waals surface area contributed by atoms with Gasteiger partial charge in [-0.25, -0.2) is 4.99 Å². The highest BCUT2D eigenvalue weighted by Gasteiger charge is 2.17. The van der Waals surface area contributed by atoms with Crippen molar-refractivity contribution in [2.75, 3.05) is 6.54 Å². The first-order valence-electron chi connectivity index (χ1n) is 9.99. The van der Waals surface area contributed by atoms with Crippen LogP contribution in [0.5, 0.6) is 0 Å². The van der Waals surface area contributed by atoms with Crippen LogP contribution in [-0.2, 0) is 13.6 Å². The summed E-state index contributed by atoms with van der Waals surface area (Å²) in [5.74, 6) is 3.08. The van der Waals surface area contributed by atoms with Gasteiger partial charge in [0.25, 0.3) is 0 Å². The van der Waals surface area contributed by atoms with Crippen molar-refractivity contribution in [3.63, 3.8) is 0 Å². The molecule has 1 saturated carbocycles. The maximum Gasteiger partial charge on any atom is 0.191 e. The summed E-state index contributed by atoms with van der Waals surface area (Å²) in [4.78, 5) is 4.79. The Morgan fingerprint density at radius 1 is 1.26 bits per heavy atom. The Morgan fingerprint density at radius 2 is 2.04 bits per heavy atom. The van der Waals surface area contributed by atoms with Gasteiger partial charge < -0.3 is 15.2 Å². The van der Waals surface area contributed by atoms with Crippen LogP contribution in [0.15, 0.2) is 29.3 Å². The number of guanidine groups is 1. The Hall–Kier alpha value is -2.37. The molecule has 0 amide bonds. The van der Waals surface area contributed by atoms with Gasteiger partial charge in [0, 0.05) is 19.6 Å². The molecule has 1 aromatic carbocycles. The standard InChI is InChI=1S/C21H32N6/c1-15-8-7-9-18(12-15)16(2)13-22-21(24-19-10-5-6-11-19)23-14-20-26-25-17(3)27(20)4/h7-9,12,16,19H,5-6,10-11,13-14H2,1-4H3,(H2,22,23,24). The van der Waals surface area contributed by atoms with Crippen molar-refractivity contribution in [3.8, 4) is 0 Å². The van der Waals surface area contributed by atoms with Gasteiger partial charge in [0.1, 0.15) is 12.4 Å². The molecule has 0 radical (unpaired) electrons. The van der Waals surface area contributed by atoms with E-state index in [1.165, 1.54) is 36.8 Å². The highest BCUT2D eigenvalue weighted by atomic mass is 15.3. The maximum atomic E-state index is 4.79. The predicted octanol–water partition coefficient (Wildman–Crippen LogP) is 3.21. The topological polar surface area (TPSA) is 67.1 Å². The zero-order chi connectivity index (χ0) is 19.2. The van der Waals surface area contributed by atoms with Crippen molar-refractivity contribution in [3.05, 3.63) is 47.0 Å². The summed E-state index contributed by atoms with van der Waals surface area (Å²) >= 11 is 0. The van der Waals surface area contributed by atoms with E-state index in [2.05, 4.69) is 58.9 Å². The summed E-state index contributed by atoms with van der Waals surface area (Å²) in [7, 11) is 1.98. The number of rotatable bonds is 6. The van der Waals surface area contributed by atoms with Crippen LogP contribution in [0, 0.1) is 13.8 Å². The Labute approximate surface area is 162 Å². The first-order chi connectivity index (χ1) is 13.0. The van der Waals surface area contributed by atoms with Gasteiger partial charge in [-0.3, -0.25) is 0 Å². The minimum Gasteiger partial charge on any atom is -0.356 e. The summed E-state index contributed by atoms with van der Waals surface area (Å²) < 4.78 is 1.99. The van der Waals surface area contributed by atoms with Gasteiger partial charge in [0.05, 0.1) is 0 Å². The smallest absolute Gasteiger partial charge is 0.191 e. The molecule has 27 heavy (non-hydrogen) atoms. The van der Waals surface area contributed by atoms with Crippen LogP contribution in [0.3, 0.4) is 0 Å². The van der Waals surface area contributed by atoms with E-state index in [-0.39, 0.29) is 0 Å². The van der Waals surface area contributed by atoms with E-state index in [0.717, 1.165) is 24.2 Å². The number of benzene rings is 1. The minimum absolute atomic E-state index is 0.414. The molecule has 3 rings (SSSR count). The Morgan fingerprint density at radius 3 is 2.70 bits per heavy atom. The molecule has 6 nitrogen and oxygen atoms in total. The summed E-state index contributed by atoms with van der Waals surface area (Å²) in [6.07, 6.45) is 5.04. The molecular weight excluding hydrogens is 336 g/mol. The number of hydrogen-bond donors (Lipinski definition) is 2. The fraction of sp³-hybridized carbons (Fsp3) is 0.571. The maximum absolute atomic E-state index is 4.79. The molecule has 0 saturated heterocycles. The molecular formula is C21H32N6. The third kappa shape index (κ3) is 5.31. The Kier molecular flexibility index (Phi) is 6.48. The van der Waals surface area contributed by atoms with E-state index in [1.807, 2.05) is 18.5 Å². The largest absolute Gasteiger partial charge is 0.356 e. The van der Waals surface area contributed by atoms with E-state index in [0.29, 0.717) is 18.5 Å². The molecule has 0 aliphatic heterocycles. The van der Waals surface area contributed by atoms with Crippen LogP contribution in [0.1, 0.15) is 61.3 Å². The highest BCUT2D eigenvalue weighted by Crippen LogP contribution is 2.18.